The summed E-state index contributed by atoms with van der Waals surface area (Å²) in [7, 11) is 0. The molecule has 0 unspecified atom stereocenters. The minimum Gasteiger partial charge on any atom is -0.289 e. The smallest absolute Gasteiger partial charge is 0.188 e. The average Bonchev–Trinajstić information content (AvgIpc) is 2.04. The molecule has 1 rings (SSSR count). The first-order valence-corrected chi connectivity index (χ1v) is 3.41. The van der Waals surface area contributed by atoms with Crippen LogP contribution in [-0.4, -0.2) is 10.8 Å². The number of nitrogens with zero attached hydrogens (tertiary/aromatic N) is 1. The predicted molar refractivity (Wildman–Crippen MR) is 43.8 cm³/mol. The number of ketones is 1. The number of hydrogen-bond donors (Lipinski definition) is 0. The van der Waals surface area contributed by atoms with Gasteiger partial charge in [-0.1, -0.05) is 18.2 Å². The maximum Gasteiger partial charge on any atom is 0.188 e. The van der Waals surface area contributed by atoms with Crippen LogP contribution >= 0.6 is 11.6 Å². The highest BCUT2D eigenvalue weighted by atomic mass is 35.5. The lowest BCUT2D eigenvalue weighted by atomic mass is 10.2. The van der Waals surface area contributed by atoms with Gasteiger partial charge in [-0.2, -0.15) is 0 Å². The summed E-state index contributed by atoms with van der Waals surface area (Å²) in [6, 6.07) is 3.27. The van der Waals surface area contributed by atoms with Gasteiger partial charge in [0.1, 0.15) is 5.15 Å². The van der Waals surface area contributed by atoms with Crippen LogP contribution in [0, 0.1) is 0 Å². The fourth-order valence-corrected chi connectivity index (χ4v) is 0.892. The molecule has 56 valence electrons. The van der Waals surface area contributed by atoms with Crippen LogP contribution in [0.25, 0.3) is 0 Å². The van der Waals surface area contributed by atoms with Gasteiger partial charge in [0.15, 0.2) is 5.78 Å². The van der Waals surface area contributed by atoms with Gasteiger partial charge in [0.05, 0.1) is 5.56 Å². The van der Waals surface area contributed by atoms with Crippen molar-refractivity contribution in [3.05, 3.63) is 41.7 Å². The number of allylic oxidation sites excluding steroid dienone is 1. The van der Waals surface area contributed by atoms with Crippen LogP contribution in [0.1, 0.15) is 10.4 Å². The molecule has 0 aliphatic heterocycles. The summed E-state index contributed by atoms with van der Waals surface area (Å²) < 4.78 is 0. The van der Waals surface area contributed by atoms with Crippen molar-refractivity contribution in [2.45, 2.75) is 0 Å². The number of carbonyl (C=O) groups is 1. The Balaban J connectivity index is 3.13. The Morgan fingerprint density at radius 2 is 2.45 bits per heavy atom. The van der Waals surface area contributed by atoms with Gasteiger partial charge in [-0.3, -0.25) is 4.79 Å². The molecular formula is C8H6ClNO. The summed E-state index contributed by atoms with van der Waals surface area (Å²) in [4.78, 5) is 14.7. The van der Waals surface area contributed by atoms with Gasteiger partial charge in [-0.15, -0.1) is 0 Å². The summed E-state index contributed by atoms with van der Waals surface area (Å²) in [6.07, 6.45) is 2.74. The molecule has 1 heterocycles. The number of hydrogen-bond acceptors (Lipinski definition) is 2. The minimum absolute atomic E-state index is 0.205. The first-order chi connectivity index (χ1) is 5.25. The van der Waals surface area contributed by atoms with Crippen molar-refractivity contribution in [1.82, 2.24) is 4.98 Å². The molecule has 0 radical (unpaired) electrons. The Morgan fingerprint density at radius 1 is 1.73 bits per heavy atom. The van der Waals surface area contributed by atoms with Crippen molar-refractivity contribution < 1.29 is 4.79 Å². The van der Waals surface area contributed by atoms with E-state index in [-0.39, 0.29) is 10.9 Å². The van der Waals surface area contributed by atoms with Crippen molar-refractivity contribution in [2.75, 3.05) is 0 Å². The molecule has 0 saturated carbocycles. The monoisotopic (exact) mass is 167 g/mol. The van der Waals surface area contributed by atoms with Gasteiger partial charge in [-0.05, 0) is 18.2 Å². The van der Waals surface area contributed by atoms with E-state index in [4.69, 9.17) is 11.6 Å². The van der Waals surface area contributed by atoms with E-state index in [0.29, 0.717) is 5.56 Å². The summed E-state index contributed by atoms with van der Waals surface area (Å²) in [5.74, 6) is -0.205. The highest BCUT2D eigenvalue weighted by molar-refractivity contribution is 6.33. The first-order valence-electron chi connectivity index (χ1n) is 3.03. The molecule has 1 aromatic heterocycles. The van der Waals surface area contributed by atoms with Crippen LogP contribution in [0.3, 0.4) is 0 Å². The van der Waals surface area contributed by atoms with Gasteiger partial charge >= 0.3 is 0 Å². The molecule has 0 aliphatic rings. The quantitative estimate of drug-likeness (QED) is 0.384. The third-order valence-corrected chi connectivity index (χ3v) is 1.51. The molecule has 0 saturated heterocycles. The zero-order valence-electron chi connectivity index (χ0n) is 5.75. The molecule has 0 aromatic carbocycles. The molecule has 1 aromatic rings. The standard InChI is InChI=1S/C8H6ClNO/c1-2-7(11)6-4-3-5-10-8(6)9/h2-5H,1H2. The maximum absolute atomic E-state index is 11.0. The normalized spacial score (nSPS) is 9.18. The van der Waals surface area contributed by atoms with Gasteiger partial charge in [0.2, 0.25) is 0 Å². The summed E-state index contributed by atoms with van der Waals surface area (Å²) >= 11 is 5.62. The lowest BCUT2D eigenvalue weighted by Gasteiger charge is -1.95. The molecule has 11 heavy (non-hydrogen) atoms. The molecule has 0 N–H and O–H groups in total. The van der Waals surface area contributed by atoms with Crippen molar-refractivity contribution in [1.29, 1.82) is 0 Å². The largest absolute Gasteiger partial charge is 0.289 e. The number of pyridine rings is 1. The van der Waals surface area contributed by atoms with Crippen LogP contribution in [0.5, 0.6) is 0 Å². The second-order valence-electron chi connectivity index (χ2n) is 1.91. The number of halogens is 1. The number of rotatable bonds is 2. The van der Waals surface area contributed by atoms with E-state index in [9.17, 15) is 4.79 Å². The second kappa shape index (κ2) is 3.30. The molecule has 0 bridgehead atoms. The second-order valence-corrected chi connectivity index (χ2v) is 2.27. The third-order valence-electron chi connectivity index (χ3n) is 1.21. The van der Waals surface area contributed by atoms with Crippen molar-refractivity contribution >= 4 is 17.4 Å². The van der Waals surface area contributed by atoms with Crippen LogP contribution in [-0.2, 0) is 0 Å². The van der Waals surface area contributed by atoms with Gasteiger partial charge in [-0.25, -0.2) is 4.98 Å². The lowest BCUT2D eigenvalue weighted by molar-refractivity contribution is 0.104. The Bertz CT molecular complexity index is 296. The highest BCUT2D eigenvalue weighted by Gasteiger charge is 2.05. The fourth-order valence-electron chi connectivity index (χ4n) is 0.680. The lowest BCUT2D eigenvalue weighted by Crippen LogP contribution is -1.95. The van der Waals surface area contributed by atoms with Crippen LogP contribution in [0.4, 0.5) is 0 Å². The average molecular weight is 168 g/mol. The number of carbonyl (C=O) groups excluding carboxylic acids is 1. The Labute approximate surface area is 69.5 Å². The van der Waals surface area contributed by atoms with E-state index in [1.165, 1.54) is 12.3 Å². The van der Waals surface area contributed by atoms with Crippen molar-refractivity contribution in [3.63, 3.8) is 0 Å². The topological polar surface area (TPSA) is 30.0 Å². The zero-order valence-corrected chi connectivity index (χ0v) is 6.51. The van der Waals surface area contributed by atoms with E-state index >= 15 is 0 Å². The Morgan fingerprint density at radius 3 is 3.00 bits per heavy atom. The maximum atomic E-state index is 11.0. The Hall–Kier alpha value is -1.15. The molecule has 0 aliphatic carbocycles. The molecule has 2 nitrogen and oxygen atoms in total. The zero-order chi connectivity index (χ0) is 8.27. The summed E-state index contributed by atoms with van der Waals surface area (Å²) in [6.45, 7) is 3.34. The molecular weight excluding hydrogens is 162 g/mol. The molecule has 0 spiro atoms. The van der Waals surface area contributed by atoms with E-state index in [1.54, 1.807) is 12.1 Å². The summed E-state index contributed by atoms with van der Waals surface area (Å²) in [5.41, 5.74) is 0.393. The van der Waals surface area contributed by atoms with E-state index in [0.717, 1.165) is 0 Å². The van der Waals surface area contributed by atoms with Crippen LogP contribution in [0.2, 0.25) is 5.15 Å². The summed E-state index contributed by atoms with van der Waals surface area (Å²) in [5, 5.41) is 0.220. The third kappa shape index (κ3) is 1.65. The van der Waals surface area contributed by atoms with Gasteiger partial charge in [0.25, 0.3) is 0 Å². The fraction of sp³-hybridized carbons (Fsp3) is 0. The van der Waals surface area contributed by atoms with Crippen LogP contribution in [0.15, 0.2) is 31.0 Å². The van der Waals surface area contributed by atoms with E-state index in [1.807, 2.05) is 0 Å². The number of aromatic nitrogens is 1. The van der Waals surface area contributed by atoms with Gasteiger partial charge in [0, 0.05) is 6.20 Å². The van der Waals surface area contributed by atoms with Gasteiger partial charge < -0.3 is 0 Å². The molecule has 3 heteroatoms. The molecule has 0 atom stereocenters. The highest BCUT2D eigenvalue weighted by Crippen LogP contribution is 2.11. The molecule has 0 amide bonds. The first kappa shape index (κ1) is 7.95. The predicted octanol–water partition coefficient (Wildman–Crippen LogP) is 2.10. The van der Waals surface area contributed by atoms with E-state index in [2.05, 4.69) is 11.6 Å². The van der Waals surface area contributed by atoms with Crippen LogP contribution < -0.4 is 0 Å². The molecule has 0 fully saturated rings. The van der Waals surface area contributed by atoms with Crippen molar-refractivity contribution in [3.8, 4) is 0 Å². The Kier molecular flexibility index (Phi) is 2.39. The minimum atomic E-state index is -0.205. The van der Waals surface area contributed by atoms with Crippen molar-refractivity contribution in [2.24, 2.45) is 0 Å². The van der Waals surface area contributed by atoms with E-state index < -0.39 is 0 Å². The SMILES string of the molecule is C=CC(=O)c1cccnc1Cl.